The van der Waals surface area contributed by atoms with Crippen LogP contribution in [0.3, 0.4) is 0 Å². The molecule has 0 bridgehead atoms. The molecule has 1 rings (SSSR count). The van der Waals surface area contributed by atoms with Crippen molar-refractivity contribution in [1.82, 2.24) is 10.3 Å². The molecule has 19 heavy (non-hydrogen) atoms. The number of aromatic nitrogens is 1. The summed E-state index contributed by atoms with van der Waals surface area (Å²) in [5, 5.41) is 11.7. The van der Waals surface area contributed by atoms with E-state index in [9.17, 15) is 9.59 Å². The molecule has 0 fully saturated rings. The lowest BCUT2D eigenvalue weighted by molar-refractivity contribution is -0.139. The quantitative estimate of drug-likeness (QED) is 0.671. The molecule has 0 aliphatic heterocycles. The van der Waals surface area contributed by atoms with Crippen molar-refractivity contribution in [3.8, 4) is 0 Å². The van der Waals surface area contributed by atoms with Crippen LogP contribution in [-0.4, -0.2) is 41.7 Å². The van der Waals surface area contributed by atoms with Crippen LogP contribution in [0.4, 0.5) is 0 Å². The predicted octanol–water partition coefficient (Wildman–Crippen LogP) is 1.93. The van der Waals surface area contributed by atoms with Gasteiger partial charge in [-0.05, 0) is 18.9 Å². The summed E-state index contributed by atoms with van der Waals surface area (Å²) >= 11 is 11.4. The SMILES string of the molecule is COCCCC(NC(=O)c1cc(Cl)c(Cl)[nH]1)C(=O)O. The van der Waals surface area contributed by atoms with Crippen LogP contribution in [-0.2, 0) is 9.53 Å². The average Bonchev–Trinajstić information content (AvgIpc) is 2.68. The van der Waals surface area contributed by atoms with Crippen molar-refractivity contribution in [3.63, 3.8) is 0 Å². The minimum absolute atomic E-state index is 0.119. The van der Waals surface area contributed by atoms with Gasteiger partial charge in [0.15, 0.2) is 0 Å². The third-order valence-electron chi connectivity index (χ3n) is 2.41. The lowest BCUT2D eigenvalue weighted by Gasteiger charge is -2.13. The Hall–Kier alpha value is -1.24. The molecule has 1 atom stereocenters. The van der Waals surface area contributed by atoms with E-state index in [1.54, 1.807) is 0 Å². The number of carboxylic acid groups (broad SMARTS) is 1. The highest BCUT2D eigenvalue weighted by Gasteiger charge is 2.21. The number of halogens is 2. The lowest BCUT2D eigenvalue weighted by Crippen LogP contribution is -2.41. The highest BCUT2D eigenvalue weighted by atomic mass is 35.5. The minimum atomic E-state index is -1.10. The first kappa shape index (κ1) is 15.8. The fourth-order valence-corrected chi connectivity index (χ4v) is 1.76. The Morgan fingerprint density at radius 3 is 2.68 bits per heavy atom. The Kier molecular flexibility index (Phi) is 6.14. The molecule has 0 aliphatic carbocycles. The van der Waals surface area contributed by atoms with Gasteiger partial charge < -0.3 is 20.1 Å². The van der Waals surface area contributed by atoms with Crippen molar-refractivity contribution < 1.29 is 19.4 Å². The van der Waals surface area contributed by atoms with E-state index >= 15 is 0 Å². The Balaban J connectivity index is 2.63. The summed E-state index contributed by atoms with van der Waals surface area (Å²) in [5.41, 5.74) is 0.119. The van der Waals surface area contributed by atoms with Crippen molar-refractivity contribution in [3.05, 3.63) is 21.9 Å². The Labute approximate surface area is 120 Å². The number of carboxylic acids is 1. The zero-order valence-corrected chi connectivity index (χ0v) is 11.7. The van der Waals surface area contributed by atoms with Gasteiger partial charge in [-0.1, -0.05) is 23.2 Å². The molecule has 0 aromatic carbocycles. The molecular weight excluding hydrogens is 295 g/mol. The number of ether oxygens (including phenoxy) is 1. The normalized spacial score (nSPS) is 12.2. The number of amides is 1. The molecule has 1 aromatic heterocycles. The van der Waals surface area contributed by atoms with Crippen LogP contribution in [0.15, 0.2) is 6.07 Å². The molecule has 0 radical (unpaired) electrons. The Morgan fingerprint density at radius 2 is 2.21 bits per heavy atom. The molecule has 3 N–H and O–H groups in total. The number of hydrogen-bond acceptors (Lipinski definition) is 3. The topological polar surface area (TPSA) is 91.4 Å². The second kappa shape index (κ2) is 7.37. The number of hydrogen-bond donors (Lipinski definition) is 3. The molecule has 0 aliphatic rings. The number of carbonyl (C=O) groups is 2. The van der Waals surface area contributed by atoms with E-state index in [1.807, 2.05) is 0 Å². The molecule has 1 unspecified atom stereocenters. The lowest BCUT2D eigenvalue weighted by atomic mass is 10.1. The largest absolute Gasteiger partial charge is 0.480 e. The zero-order valence-electron chi connectivity index (χ0n) is 10.2. The van der Waals surface area contributed by atoms with E-state index in [-0.39, 0.29) is 22.3 Å². The van der Waals surface area contributed by atoms with Crippen molar-refractivity contribution >= 4 is 35.1 Å². The van der Waals surface area contributed by atoms with Crippen LogP contribution < -0.4 is 5.32 Å². The van der Waals surface area contributed by atoms with E-state index in [2.05, 4.69) is 10.3 Å². The average molecular weight is 309 g/mol. The monoisotopic (exact) mass is 308 g/mol. The van der Waals surface area contributed by atoms with Gasteiger partial charge in [0.05, 0.1) is 5.02 Å². The fraction of sp³-hybridized carbons (Fsp3) is 0.455. The second-order valence-corrected chi connectivity index (χ2v) is 4.63. The second-order valence-electron chi connectivity index (χ2n) is 3.84. The highest BCUT2D eigenvalue weighted by molar-refractivity contribution is 6.41. The molecule has 0 saturated heterocycles. The number of H-pyrrole nitrogens is 1. The minimum Gasteiger partial charge on any atom is -0.480 e. The van der Waals surface area contributed by atoms with Crippen molar-refractivity contribution in [2.45, 2.75) is 18.9 Å². The Morgan fingerprint density at radius 1 is 1.53 bits per heavy atom. The maximum absolute atomic E-state index is 11.8. The van der Waals surface area contributed by atoms with Crippen LogP contribution in [0.2, 0.25) is 10.2 Å². The summed E-state index contributed by atoms with van der Waals surface area (Å²) in [5.74, 6) is -1.67. The highest BCUT2D eigenvalue weighted by Crippen LogP contribution is 2.21. The molecule has 6 nitrogen and oxygen atoms in total. The zero-order chi connectivity index (χ0) is 14.4. The summed E-state index contributed by atoms with van der Waals surface area (Å²) in [7, 11) is 1.53. The first-order valence-electron chi connectivity index (χ1n) is 5.52. The summed E-state index contributed by atoms with van der Waals surface area (Å²) in [6.45, 7) is 0.430. The first-order chi connectivity index (χ1) is 8.95. The van der Waals surface area contributed by atoms with Gasteiger partial charge in [0.1, 0.15) is 16.9 Å². The number of aliphatic carboxylic acids is 1. The van der Waals surface area contributed by atoms with Crippen molar-refractivity contribution in [2.75, 3.05) is 13.7 Å². The van der Waals surface area contributed by atoms with E-state index in [1.165, 1.54) is 13.2 Å². The third kappa shape index (κ3) is 4.74. The maximum Gasteiger partial charge on any atom is 0.326 e. The van der Waals surface area contributed by atoms with E-state index < -0.39 is 17.9 Å². The number of rotatable bonds is 7. The van der Waals surface area contributed by atoms with E-state index in [0.717, 1.165) is 0 Å². The van der Waals surface area contributed by atoms with Gasteiger partial charge in [0.2, 0.25) is 0 Å². The van der Waals surface area contributed by atoms with Crippen molar-refractivity contribution in [2.24, 2.45) is 0 Å². The van der Waals surface area contributed by atoms with Gasteiger partial charge in [0.25, 0.3) is 5.91 Å². The molecule has 8 heteroatoms. The summed E-state index contributed by atoms with van der Waals surface area (Å²) in [4.78, 5) is 25.4. The smallest absolute Gasteiger partial charge is 0.326 e. The Bertz CT molecular complexity index is 442. The number of methoxy groups -OCH3 is 1. The molecule has 106 valence electrons. The van der Waals surface area contributed by atoms with Crippen LogP contribution in [0.1, 0.15) is 23.3 Å². The van der Waals surface area contributed by atoms with Crippen LogP contribution >= 0.6 is 23.2 Å². The van der Waals surface area contributed by atoms with Gasteiger partial charge in [-0.2, -0.15) is 0 Å². The third-order valence-corrected chi connectivity index (χ3v) is 3.11. The van der Waals surface area contributed by atoms with Gasteiger partial charge in [-0.3, -0.25) is 4.79 Å². The van der Waals surface area contributed by atoms with Gasteiger partial charge in [0, 0.05) is 13.7 Å². The van der Waals surface area contributed by atoms with Crippen molar-refractivity contribution in [1.29, 1.82) is 0 Å². The standard InChI is InChI=1S/C11H14Cl2N2O4/c1-19-4-2-3-7(11(17)18)15-10(16)8-5-6(12)9(13)14-8/h5,7,14H,2-4H2,1H3,(H,15,16)(H,17,18). The van der Waals surface area contributed by atoms with E-state index in [4.69, 9.17) is 33.0 Å². The van der Waals surface area contributed by atoms with Gasteiger partial charge in [-0.15, -0.1) is 0 Å². The molecular formula is C11H14Cl2N2O4. The van der Waals surface area contributed by atoms with Crippen LogP contribution in [0.25, 0.3) is 0 Å². The first-order valence-corrected chi connectivity index (χ1v) is 6.28. The molecule has 0 saturated carbocycles. The van der Waals surface area contributed by atoms with E-state index in [0.29, 0.717) is 13.0 Å². The molecule has 0 spiro atoms. The molecule has 1 aromatic rings. The van der Waals surface area contributed by atoms with Crippen LogP contribution in [0, 0.1) is 0 Å². The maximum atomic E-state index is 11.8. The van der Waals surface area contributed by atoms with Gasteiger partial charge >= 0.3 is 5.97 Å². The summed E-state index contributed by atoms with van der Waals surface area (Å²) in [6, 6.07) is 0.358. The van der Waals surface area contributed by atoms with Crippen LogP contribution in [0.5, 0.6) is 0 Å². The number of carbonyl (C=O) groups excluding carboxylic acids is 1. The molecule has 1 heterocycles. The number of aromatic amines is 1. The summed E-state index contributed by atoms with van der Waals surface area (Å²) < 4.78 is 4.83. The summed E-state index contributed by atoms with van der Waals surface area (Å²) in [6.07, 6.45) is 0.803. The predicted molar refractivity (Wildman–Crippen MR) is 70.8 cm³/mol. The fourth-order valence-electron chi connectivity index (χ4n) is 1.45. The number of nitrogens with one attached hydrogen (secondary N) is 2. The van der Waals surface area contributed by atoms with Gasteiger partial charge in [-0.25, -0.2) is 4.79 Å². The molecule has 1 amide bonds.